The normalized spacial score (nSPS) is 16.7. The minimum Gasteiger partial charge on any atom is -0.369 e. The summed E-state index contributed by atoms with van der Waals surface area (Å²) in [7, 11) is 0. The number of nitrogens with one attached hydrogen (secondary N) is 2. The van der Waals surface area contributed by atoms with Crippen LogP contribution in [0.15, 0.2) is 4.79 Å². The summed E-state index contributed by atoms with van der Waals surface area (Å²) in [6, 6.07) is 0. The molecule has 1 fully saturated rings. The standard InChI is InChI=1S/C9H15N5O/c1-6-7(8(15)13-9(10)12-6)14-4-2-11-3-5-14/h11H,2-5H2,1H3,(H3,10,12,13,15). The number of rotatable bonds is 1. The Bertz CT molecular complexity index is 407. The molecule has 1 aliphatic rings. The van der Waals surface area contributed by atoms with E-state index in [0.717, 1.165) is 26.2 Å². The SMILES string of the molecule is Cc1nc(N)[nH]c(=O)c1N1CCNCC1. The topological polar surface area (TPSA) is 87.0 Å². The number of aromatic amines is 1. The number of nitrogens with zero attached hydrogens (tertiary/aromatic N) is 2. The lowest BCUT2D eigenvalue weighted by atomic mass is 10.3. The van der Waals surface area contributed by atoms with Crippen molar-refractivity contribution in [2.45, 2.75) is 6.92 Å². The lowest BCUT2D eigenvalue weighted by Crippen LogP contribution is -2.46. The summed E-state index contributed by atoms with van der Waals surface area (Å²) >= 11 is 0. The van der Waals surface area contributed by atoms with E-state index in [0.29, 0.717) is 11.4 Å². The largest absolute Gasteiger partial charge is 0.369 e. The molecule has 0 aliphatic carbocycles. The number of nitrogen functional groups attached to an aromatic ring is 1. The molecule has 1 saturated heterocycles. The Morgan fingerprint density at radius 3 is 2.67 bits per heavy atom. The van der Waals surface area contributed by atoms with E-state index in [1.54, 1.807) is 0 Å². The molecule has 0 radical (unpaired) electrons. The Labute approximate surface area is 87.5 Å². The molecule has 15 heavy (non-hydrogen) atoms. The van der Waals surface area contributed by atoms with Crippen LogP contribution < -0.4 is 21.5 Å². The van der Waals surface area contributed by atoms with Gasteiger partial charge in [-0.15, -0.1) is 0 Å². The van der Waals surface area contributed by atoms with E-state index in [1.165, 1.54) is 0 Å². The lowest BCUT2D eigenvalue weighted by Gasteiger charge is -2.29. The molecule has 2 rings (SSSR count). The van der Waals surface area contributed by atoms with Gasteiger partial charge in [-0.1, -0.05) is 0 Å². The van der Waals surface area contributed by atoms with Crippen molar-refractivity contribution >= 4 is 11.6 Å². The fourth-order valence-corrected chi connectivity index (χ4v) is 1.86. The third kappa shape index (κ3) is 1.94. The van der Waals surface area contributed by atoms with Crippen molar-refractivity contribution < 1.29 is 0 Å². The maximum Gasteiger partial charge on any atom is 0.276 e. The minimum atomic E-state index is -0.151. The molecule has 1 aromatic rings. The molecule has 0 spiro atoms. The average Bonchev–Trinajstić information content (AvgIpc) is 2.17. The summed E-state index contributed by atoms with van der Waals surface area (Å²) in [5.41, 5.74) is 6.65. The highest BCUT2D eigenvalue weighted by Crippen LogP contribution is 2.13. The molecule has 1 aromatic heterocycles. The zero-order valence-electron chi connectivity index (χ0n) is 8.71. The van der Waals surface area contributed by atoms with Crippen LogP contribution >= 0.6 is 0 Å². The Kier molecular flexibility index (Phi) is 2.59. The van der Waals surface area contributed by atoms with Crippen LogP contribution in [0.3, 0.4) is 0 Å². The molecule has 2 heterocycles. The van der Waals surface area contributed by atoms with Crippen LogP contribution in [0.2, 0.25) is 0 Å². The first-order valence-electron chi connectivity index (χ1n) is 5.00. The van der Waals surface area contributed by atoms with Crippen LogP contribution in [0, 0.1) is 6.92 Å². The van der Waals surface area contributed by atoms with E-state index in [-0.39, 0.29) is 11.5 Å². The van der Waals surface area contributed by atoms with Gasteiger partial charge in [0, 0.05) is 26.2 Å². The van der Waals surface area contributed by atoms with E-state index >= 15 is 0 Å². The van der Waals surface area contributed by atoms with E-state index in [4.69, 9.17) is 5.73 Å². The number of H-pyrrole nitrogens is 1. The second-order valence-corrected chi connectivity index (χ2v) is 3.62. The van der Waals surface area contributed by atoms with Gasteiger partial charge in [-0.05, 0) is 6.92 Å². The summed E-state index contributed by atoms with van der Waals surface area (Å²) < 4.78 is 0. The molecule has 0 amide bonds. The molecular formula is C9H15N5O. The Hall–Kier alpha value is -1.56. The highest BCUT2D eigenvalue weighted by Gasteiger charge is 2.16. The highest BCUT2D eigenvalue weighted by atomic mass is 16.1. The van der Waals surface area contributed by atoms with E-state index in [1.807, 2.05) is 11.8 Å². The first-order chi connectivity index (χ1) is 7.18. The quantitative estimate of drug-likeness (QED) is 0.556. The second-order valence-electron chi connectivity index (χ2n) is 3.62. The van der Waals surface area contributed by atoms with Crippen LogP contribution in [0.1, 0.15) is 5.69 Å². The smallest absolute Gasteiger partial charge is 0.276 e. The van der Waals surface area contributed by atoms with Crippen LogP contribution in [0.5, 0.6) is 0 Å². The molecule has 82 valence electrons. The van der Waals surface area contributed by atoms with Crippen molar-refractivity contribution in [3.8, 4) is 0 Å². The maximum atomic E-state index is 11.7. The van der Waals surface area contributed by atoms with E-state index < -0.39 is 0 Å². The Morgan fingerprint density at radius 2 is 2.07 bits per heavy atom. The molecule has 0 atom stereocenters. The summed E-state index contributed by atoms with van der Waals surface area (Å²) in [5.74, 6) is 0.177. The molecule has 0 unspecified atom stereocenters. The Balaban J connectivity index is 2.38. The number of aromatic nitrogens is 2. The third-order valence-electron chi connectivity index (χ3n) is 2.52. The van der Waals surface area contributed by atoms with E-state index in [2.05, 4.69) is 15.3 Å². The van der Waals surface area contributed by atoms with Crippen molar-refractivity contribution in [2.75, 3.05) is 36.8 Å². The zero-order chi connectivity index (χ0) is 10.8. The van der Waals surface area contributed by atoms with Gasteiger partial charge in [0.1, 0.15) is 5.69 Å². The Morgan fingerprint density at radius 1 is 1.40 bits per heavy atom. The van der Waals surface area contributed by atoms with Crippen LogP contribution in [0.4, 0.5) is 11.6 Å². The van der Waals surface area contributed by atoms with Gasteiger partial charge >= 0.3 is 0 Å². The van der Waals surface area contributed by atoms with Gasteiger partial charge in [0.2, 0.25) is 5.95 Å². The number of aryl methyl sites for hydroxylation is 1. The third-order valence-corrected chi connectivity index (χ3v) is 2.52. The van der Waals surface area contributed by atoms with Crippen LogP contribution in [-0.4, -0.2) is 36.1 Å². The number of nitrogens with two attached hydrogens (primary N) is 1. The summed E-state index contributed by atoms with van der Waals surface area (Å²) in [5, 5.41) is 3.24. The van der Waals surface area contributed by atoms with Crippen LogP contribution in [-0.2, 0) is 0 Å². The van der Waals surface area contributed by atoms with Crippen molar-refractivity contribution in [1.29, 1.82) is 0 Å². The molecule has 1 aliphatic heterocycles. The summed E-state index contributed by atoms with van der Waals surface area (Å²) in [6.45, 7) is 5.25. The predicted molar refractivity (Wildman–Crippen MR) is 59.1 cm³/mol. The van der Waals surface area contributed by atoms with Gasteiger partial charge in [-0.2, -0.15) is 0 Å². The number of anilines is 2. The lowest BCUT2D eigenvalue weighted by molar-refractivity contribution is 0.585. The first-order valence-corrected chi connectivity index (χ1v) is 5.00. The maximum absolute atomic E-state index is 11.7. The average molecular weight is 209 g/mol. The van der Waals surface area contributed by atoms with Crippen molar-refractivity contribution in [2.24, 2.45) is 0 Å². The van der Waals surface area contributed by atoms with Gasteiger partial charge in [-0.25, -0.2) is 4.98 Å². The van der Waals surface area contributed by atoms with Crippen molar-refractivity contribution in [3.05, 3.63) is 16.0 Å². The van der Waals surface area contributed by atoms with Gasteiger partial charge in [0.15, 0.2) is 0 Å². The number of hydrogen-bond donors (Lipinski definition) is 3. The molecule has 6 heteroatoms. The van der Waals surface area contributed by atoms with Crippen molar-refractivity contribution in [1.82, 2.24) is 15.3 Å². The molecule has 0 saturated carbocycles. The van der Waals surface area contributed by atoms with Gasteiger partial charge in [-0.3, -0.25) is 9.78 Å². The number of piperazine rings is 1. The first kappa shape index (κ1) is 9.97. The molecule has 4 N–H and O–H groups in total. The van der Waals surface area contributed by atoms with E-state index in [9.17, 15) is 4.79 Å². The molecule has 6 nitrogen and oxygen atoms in total. The fourth-order valence-electron chi connectivity index (χ4n) is 1.86. The van der Waals surface area contributed by atoms with Crippen molar-refractivity contribution in [3.63, 3.8) is 0 Å². The molecule has 0 bridgehead atoms. The van der Waals surface area contributed by atoms with Gasteiger partial charge in [0.05, 0.1) is 5.69 Å². The summed E-state index contributed by atoms with van der Waals surface area (Å²) in [4.78, 5) is 20.4. The molecule has 0 aromatic carbocycles. The van der Waals surface area contributed by atoms with Crippen LogP contribution in [0.25, 0.3) is 0 Å². The predicted octanol–water partition coefficient (Wildman–Crippen LogP) is -0.930. The van der Waals surface area contributed by atoms with Gasteiger partial charge in [0.25, 0.3) is 5.56 Å². The second kappa shape index (κ2) is 3.90. The molecular weight excluding hydrogens is 194 g/mol. The minimum absolute atomic E-state index is 0.151. The van der Waals surface area contributed by atoms with Gasteiger partial charge < -0.3 is 16.0 Å². The monoisotopic (exact) mass is 209 g/mol. The highest BCUT2D eigenvalue weighted by molar-refractivity contribution is 5.50. The summed E-state index contributed by atoms with van der Waals surface area (Å²) in [6.07, 6.45) is 0. The zero-order valence-corrected chi connectivity index (χ0v) is 8.71. The number of hydrogen-bond acceptors (Lipinski definition) is 5. The fraction of sp³-hybridized carbons (Fsp3) is 0.556.